The van der Waals surface area contributed by atoms with Crippen LogP contribution in [0.4, 0.5) is 16.3 Å². The zero-order valence-electron chi connectivity index (χ0n) is 15.0. The Morgan fingerprint density at radius 1 is 1.12 bits per heavy atom. The van der Waals surface area contributed by atoms with Gasteiger partial charge in [-0.05, 0) is 62.4 Å². The number of rotatable bonds is 4. The number of aryl methyl sites for hydroxylation is 2. The van der Waals surface area contributed by atoms with Gasteiger partial charge >= 0.3 is 6.03 Å². The van der Waals surface area contributed by atoms with Crippen LogP contribution in [0.3, 0.4) is 0 Å². The number of carbonyl (C=O) groups is 1. The molecule has 0 bridgehead atoms. The summed E-state index contributed by atoms with van der Waals surface area (Å²) in [5.74, 6) is 1.01. The molecule has 0 radical (unpaired) electrons. The number of amides is 2. The highest BCUT2D eigenvalue weighted by Gasteiger charge is 2.12. The minimum absolute atomic E-state index is 0.191. The number of piperidine rings is 1. The number of nitrogens with one attached hydrogen (secondary N) is 2. The zero-order chi connectivity index (χ0) is 17.6. The number of nitrogens with zero attached hydrogens (tertiary/aromatic N) is 2. The summed E-state index contributed by atoms with van der Waals surface area (Å²) in [7, 11) is 0. The highest BCUT2D eigenvalue weighted by atomic mass is 16.2. The summed E-state index contributed by atoms with van der Waals surface area (Å²) in [6.45, 7) is 6.66. The van der Waals surface area contributed by atoms with Crippen LogP contribution < -0.4 is 15.5 Å². The lowest BCUT2D eigenvalue weighted by molar-refractivity contribution is 0.251. The molecule has 0 spiro atoms. The zero-order valence-corrected chi connectivity index (χ0v) is 15.0. The molecule has 1 aromatic heterocycles. The van der Waals surface area contributed by atoms with Gasteiger partial charge in [0.25, 0.3) is 0 Å². The number of hydrogen-bond acceptors (Lipinski definition) is 3. The average molecular weight is 338 g/mol. The molecule has 3 rings (SSSR count). The van der Waals surface area contributed by atoms with Gasteiger partial charge in [-0.3, -0.25) is 0 Å². The van der Waals surface area contributed by atoms with Gasteiger partial charge in [0.15, 0.2) is 0 Å². The summed E-state index contributed by atoms with van der Waals surface area (Å²) in [6.07, 6.45) is 5.57. The van der Waals surface area contributed by atoms with E-state index in [2.05, 4.69) is 32.7 Å². The lowest BCUT2D eigenvalue weighted by Crippen LogP contribution is -2.31. The molecule has 1 fully saturated rings. The van der Waals surface area contributed by atoms with Crippen molar-refractivity contribution in [2.45, 2.75) is 39.7 Å². The van der Waals surface area contributed by atoms with Crippen molar-refractivity contribution in [3.05, 3.63) is 53.2 Å². The van der Waals surface area contributed by atoms with E-state index in [0.717, 1.165) is 35.7 Å². The first-order valence-electron chi connectivity index (χ1n) is 8.94. The second kappa shape index (κ2) is 8.01. The van der Waals surface area contributed by atoms with Gasteiger partial charge < -0.3 is 15.5 Å². The maximum absolute atomic E-state index is 12.2. The van der Waals surface area contributed by atoms with Crippen molar-refractivity contribution in [1.29, 1.82) is 0 Å². The number of pyridine rings is 1. The predicted octanol–water partition coefficient (Wildman–Crippen LogP) is 4.01. The average Bonchev–Trinajstić information content (AvgIpc) is 2.63. The normalized spacial score (nSPS) is 14.2. The second-order valence-corrected chi connectivity index (χ2v) is 6.70. The Bertz CT molecular complexity index is 738. The van der Waals surface area contributed by atoms with Crippen LogP contribution in [-0.2, 0) is 6.54 Å². The molecular weight excluding hydrogens is 312 g/mol. The van der Waals surface area contributed by atoms with Crippen LogP contribution in [0, 0.1) is 13.8 Å². The van der Waals surface area contributed by atoms with Crippen molar-refractivity contribution in [3.8, 4) is 0 Å². The van der Waals surface area contributed by atoms with Crippen molar-refractivity contribution in [1.82, 2.24) is 10.3 Å². The monoisotopic (exact) mass is 338 g/mol. The first-order valence-corrected chi connectivity index (χ1v) is 8.94. The SMILES string of the molecule is Cc1ccc(NC(=O)NCc2ccnc(N3CCCCC3)c2)c(C)c1. The predicted molar refractivity (Wildman–Crippen MR) is 102 cm³/mol. The Kier molecular flexibility index (Phi) is 5.53. The van der Waals surface area contributed by atoms with Gasteiger partial charge in [-0.1, -0.05) is 17.7 Å². The van der Waals surface area contributed by atoms with Crippen LogP contribution in [0.2, 0.25) is 0 Å². The van der Waals surface area contributed by atoms with Gasteiger partial charge in [-0.2, -0.15) is 0 Å². The van der Waals surface area contributed by atoms with Gasteiger partial charge in [-0.15, -0.1) is 0 Å². The first kappa shape index (κ1) is 17.3. The molecule has 132 valence electrons. The van der Waals surface area contributed by atoms with Gasteiger partial charge in [0.1, 0.15) is 5.82 Å². The molecule has 0 unspecified atom stereocenters. The Balaban J connectivity index is 1.56. The lowest BCUT2D eigenvalue weighted by Gasteiger charge is -2.27. The maximum atomic E-state index is 12.2. The van der Waals surface area contributed by atoms with Crippen LogP contribution >= 0.6 is 0 Å². The Morgan fingerprint density at radius 3 is 2.68 bits per heavy atom. The van der Waals surface area contributed by atoms with Gasteiger partial charge in [0.2, 0.25) is 0 Å². The van der Waals surface area contributed by atoms with E-state index in [1.165, 1.54) is 24.8 Å². The number of carbonyl (C=O) groups excluding carboxylic acids is 1. The van der Waals surface area contributed by atoms with E-state index in [1.54, 1.807) is 0 Å². The van der Waals surface area contributed by atoms with E-state index in [4.69, 9.17) is 0 Å². The van der Waals surface area contributed by atoms with Crippen molar-refractivity contribution in [2.75, 3.05) is 23.3 Å². The van der Waals surface area contributed by atoms with E-state index >= 15 is 0 Å². The lowest BCUT2D eigenvalue weighted by atomic mass is 10.1. The fraction of sp³-hybridized carbons (Fsp3) is 0.400. The van der Waals surface area contributed by atoms with Crippen LogP contribution in [-0.4, -0.2) is 24.1 Å². The number of benzene rings is 1. The second-order valence-electron chi connectivity index (χ2n) is 6.70. The van der Waals surface area contributed by atoms with Gasteiger partial charge in [-0.25, -0.2) is 9.78 Å². The molecule has 1 aromatic carbocycles. The summed E-state index contributed by atoms with van der Waals surface area (Å²) >= 11 is 0. The molecule has 2 amide bonds. The molecule has 25 heavy (non-hydrogen) atoms. The van der Waals surface area contributed by atoms with Crippen molar-refractivity contribution >= 4 is 17.5 Å². The minimum Gasteiger partial charge on any atom is -0.357 e. The fourth-order valence-corrected chi connectivity index (χ4v) is 3.17. The molecule has 1 aliphatic rings. The summed E-state index contributed by atoms with van der Waals surface area (Å²) in [6, 6.07) is 9.82. The summed E-state index contributed by atoms with van der Waals surface area (Å²) in [4.78, 5) is 19.0. The summed E-state index contributed by atoms with van der Waals surface area (Å²) < 4.78 is 0. The molecule has 0 aliphatic carbocycles. The van der Waals surface area contributed by atoms with Crippen LogP contribution in [0.5, 0.6) is 0 Å². The third-order valence-corrected chi connectivity index (χ3v) is 4.57. The van der Waals surface area contributed by atoms with E-state index < -0.39 is 0 Å². The van der Waals surface area contributed by atoms with Crippen LogP contribution in [0.25, 0.3) is 0 Å². The van der Waals surface area contributed by atoms with Crippen molar-refractivity contribution in [2.24, 2.45) is 0 Å². The molecule has 5 heteroatoms. The number of aromatic nitrogens is 1. The molecule has 0 saturated carbocycles. The first-order chi connectivity index (χ1) is 12.1. The third-order valence-electron chi connectivity index (χ3n) is 4.57. The van der Waals surface area contributed by atoms with E-state index in [-0.39, 0.29) is 6.03 Å². The van der Waals surface area contributed by atoms with E-state index in [1.807, 2.05) is 38.2 Å². The summed E-state index contributed by atoms with van der Waals surface area (Å²) in [5.41, 5.74) is 4.15. The maximum Gasteiger partial charge on any atom is 0.319 e. The van der Waals surface area contributed by atoms with Crippen molar-refractivity contribution < 1.29 is 4.79 Å². The Morgan fingerprint density at radius 2 is 1.92 bits per heavy atom. The molecule has 2 aromatic rings. The quantitative estimate of drug-likeness (QED) is 0.885. The Labute approximate surface area is 149 Å². The van der Waals surface area contributed by atoms with Gasteiger partial charge in [0.05, 0.1) is 0 Å². The van der Waals surface area contributed by atoms with E-state index in [9.17, 15) is 4.79 Å². The molecule has 1 aliphatic heterocycles. The molecular formula is C20H26N4O. The highest BCUT2D eigenvalue weighted by molar-refractivity contribution is 5.90. The fourth-order valence-electron chi connectivity index (χ4n) is 3.17. The van der Waals surface area contributed by atoms with Crippen molar-refractivity contribution in [3.63, 3.8) is 0 Å². The molecule has 1 saturated heterocycles. The number of urea groups is 1. The number of anilines is 2. The smallest absolute Gasteiger partial charge is 0.319 e. The van der Waals surface area contributed by atoms with Gasteiger partial charge in [0, 0.05) is 31.5 Å². The minimum atomic E-state index is -0.191. The van der Waals surface area contributed by atoms with Crippen LogP contribution in [0.1, 0.15) is 36.0 Å². The molecule has 0 atom stereocenters. The number of hydrogen-bond donors (Lipinski definition) is 2. The molecule has 2 heterocycles. The molecule has 5 nitrogen and oxygen atoms in total. The van der Waals surface area contributed by atoms with Crippen LogP contribution in [0.15, 0.2) is 36.5 Å². The van der Waals surface area contributed by atoms with E-state index in [0.29, 0.717) is 6.54 Å². The highest BCUT2D eigenvalue weighted by Crippen LogP contribution is 2.19. The topological polar surface area (TPSA) is 57.3 Å². The molecule has 2 N–H and O–H groups in total. The standard InChI is InChI=1S/C20H26N4O/c1-15-6-7-18(16(2)12-15)23-20(25)22-14-17-8-9-21-19(13-17)24-10-4-3-5-11-24/h6-9,12-13H,3-5,10-11,14H2,1-2H3,(H2,22,23,25). The largest absolute Gasteiger partial charge is 0.357 e. The Hall–Kier alpha value is -2.56. The summed E-state index contributed by atoms with van der Waals surface area (Å²) in [5, 5.41) is 5.83. The third kappa shape index (κ3) is 4.72.